The van der Waals surface area contributed by atoms with Crippen LogP contribution >= 0.6 is 0 Å². The number of likely N-dealkylation sites (N-methyl/N-ethyl adjacent to an activating group) is 1. The number of nitrogens with two attached hydrogens (primary N) is 1. The summed E-state index contributed by atoms with van der Waals surface area (Å²) < 4.78 is 0. The first kappa shape index (κ1) is 15.3. The van der Waals surface area contributed by atoms with Gasteiger partial charge in [-0.05, 0) is 39.3 Å². The van der Waals surface area contributed by atoms with E-state index in [4.69, 9.17) is 5.73 Å². The van der Waals surface area contributed by atoms with Crippen LogP contribution in [0.15, 0.2) is 0 Å². The Morgan fingerprint density at radius 2 is 1.74 bits per heavy atom. The number of nitrogens with zero attached hydrogens (tertiary/aromatic N) is 2. The minimum absolute atomic E-state index is 0.308. The molecule has 3 heteroatoms. The van der Waals surface area contributed by atoms with Gasteiger partial charge in [0.25, 0.3) is 0 Å². The second-order valence-electron chi connectivity index (χ2n) is 6.71. The third-order valence-corrected chi connectivity index (χ3v) is 5.40. The van der Waals surface area contributed by atoms with Crippen LogP contribution in [0.1, 0.15) is 58.3 Å². The van der Waals surface area contributed by atoms with Gasteiger partial charge < -0.3 is 10.6 Å². The quantitative estimate of drug-likeness (QED) is 0.797. The van der Waals surface area contributed by atoms with Crippen molar-refractivity contribution in [2.45, 2.75) is 69.9 Å². The lowest BCUT2D eigenvalue weighted by Gasteiger charge is -2.47. The fourth-order valence-corrected chi connectivity index (χ4v) is 4.21. The fourth-order valence-electron chi connectivity index (χ4n) is 4.21. The van der Waals surface area contributed by atoms with Crippen LogP contribution in [0.4, 0.5) is 0 Å². The summed E-state index contributed by atoms with van der Waals surface area (Å²) in [5.74, 6) is 0. The van der Waals surface area contributed by atoms with E-state index in [0.29, 0.717) is 11.6 Å². The maximum atomic E-state index is 6.29. The molecule has 0 aromatic carbocycles. The summed E-state index contributed by atoms with van der Waals surface area (Å²) in [6.45, 7) is 6.91. The summed E-state index contributed by atoms with van der Waals surface area (Å²) in [7, 11) is 2.27. The lowest BCUT2D eigenvalue weighted by atomic mass is 9.86. The third-order valence-electron chi connectivity index (χ3n) is 5.40. The lowest BCUT2D eigenvalue weighted by Crippen LogP contribution is -2.58. The van der Waals surface area contributed by atoms with Crippen LogP contribution in [-0.4, -0.2) is 54.6 Å². The smallest absolute Gasteiger partial charge is 0.0335 e. The van der Waals surface area contributed by atoms with E-state index in [9.17, 15) is 0 Å². The van der Waals surface area contributed by atoms with Crippen molar-refractivity contribution in [2.24, 2.45) is 5.73 Å². The van der Waals surface area contributed by atoms with Gasteiger partial charge in [0.05, 0.1) is 0 Å². The van der Waals surface area contributed by atoms with Crippen molar-refractivity contribution in [3.8, 4) is 0 Å². The van der Waals surface area contributed by atoms with Crippen molar-refractivity contribution in [2.75, 3.05) is 33.2 Å². The number of hydrogen-bond donors (Lipinski definition) is 1. The van der Waals surface area contributed by atoms with Crippen molar-refractivity contribution in [3.05, 3.63) is 0 Å². The first-order valence-corrected chi connectivity index (χ1v) is 8.37. The van der Waals surface area contributed by atoms with Gasteiger partial charge in [-0.15, -0.1) is 0 Å². The molecular weight excluding hydrogens is 234 g/mol. The van der Waals surface area contributed by atoms with E-state index in [1.54, 1.807) is 0 Å². The Labute approximate surface area is 119 Å². The first-order valence-electron chi connectivity index (χ1n) is 8.37. The van der Waals surface area contributed by atoms with Gasteiger partial charge in [0.2, 0.25) is 0 Å². The van der Waals surface area contributed by atoms with Crippen molar-refractivity contribution >= 4 is 0 Å². The van der Waals surface area contributed by atoms with E-state index < -0.39 is 0 Å². The van der Waals surface area contributed by atoms with Crippen LogP contribution in [0.25, 0.3) is 0 Å². The molecule has 2 rings (SSSR count). The molecule has 1 atom stereocenters. The van der Waals surface area contributed by atoms with Gasteiger partial charge in [-0.2, -0.15) is 0 Å². The Balaban J connectivity index is 2.17. The van der Waals surface area contributed by atoms with E-state index in [1.807, 2.05) is 0 Å². The second-order valence-corrected chi connectivity index (χ2v) is 6.71. The van der Waals surface area contributed by atoms with Crippen molar-refractivity contribution in [3.63, 3.8) is 0 Å². The van der Waals surface area contributed by atoms with Crippen LogP contribution in [0.3, 0.4) is 0 Å². The molecule has 1 saturated heterocycles. The van der Waals surface area contributed by atoms with Gasteiger partial charge in [-0.1, -0.05) is 32.6 Å². The van der Waals surface area contributed by atoms with Gasteiger partial charge in [0.1, 0.15) is 0 Å². The monoisotopic (exact) mass is 267 g/mol. The Hall–Kier alpha value is -0.120. The molecule has 0 radical (unpaired) electrons. The topological polar surface area (TPSA) is 32.5 Å². The first-order chi connectivity index (χ1) is 9.22. The van der Waals surface area contributed by atoms with Gasteiger partial charge in [-0.25, -0.2) is 0 Å². The van der Waals surface area contributed by atoms with E-state index in [0.717, 1.165) is 6.54 Å². The molecule has 2 aliphatic rings. The highest BCUT2D eigenvalue weighted by Crippen LogP contribution is 2.34. The van der Waals surface area contributed by atoms with Crippen LogP contribution in [0.2, 0.25) is 0 Å². The molecular formula is C16H33N3. The van der Waals surface area contributed by atoms with Crippen LogP contribution in [-0.2, 0) is 0 Å². The summed E-state index contributed by atoms with van der Waals surface area (Å²) in [6.07, 6.45) is 10.8. The molecule has 1 saturated carbocycles. The molecule has 112 valence electrons. The predicted molar refractivity (Wildman–Crippen MR) is 82.4 cm³/mol. The lowest BCUT2D eigenvalue weighted by molar-refractivity contribution is 0.0346. The SMILES string of the molecule is CCC1CN(C)CCCN1C1(CN)CCCCCC1. The minimum atomic E-state index is 0.308. The maximum Gasteiger partial charge on any atom is 0.0335 e. The standard InChI is InChI=1S/C16H33N3/c1-3-15-13-18(2)11-8-12-19(15)16(14-17)9-6-4-5-7-10-16/h15H,3-14,17H2,1-2H3. The second kappa shape index (κ2) is 7.05. The van der Waals surface area contributed by atoms with Crippen molar-refractivity contribution < 1.29 is 0 Å². The summed E-state index contributed by atoms with van der Waals surface area (Å²) in [4.78, 5) is 5.33. The molecule has 1 aliphatic heterocycles. The average molecular weight is 267 g/mol. The molecule has 2 fully saturated rings. The number of rotatable bonds is 3. The molecule has 0 aromatic rings. The molecule has 0 aromatic heterocycles. The van der Waals surface area contributed by atoms with Gasteiger partial charge in [0, 0.05) is 31.2 Å². The van der Waals surface area contributed by atoms with Crippen LogP contribution in [0, 0.1) is 0 Å². The molecule has 3 nitrogen and oxygen atoms in total. The summed E-state index contributed by atoms with van der Waals surface area (Å²) in [5, 5.41) is 0. The Morgan fingerprint density at radius 3 is 2.32 bits per heavy atom. The zero-order chi connectivity index (χ0) is 13.7. The fraction of sp³-hybridized carbons (Fsp3) is 1.00. The zero-order valence-corrected chi connectivity index (χ0v) is 13.0. The average Bonchev–Trinajstić information content (AvgIpc) is 2.77. The highest BCUT2D eigenvalue weighted by molar-refractivity contribution is 4.97. The summed E-state index contributed by atoms with van der Waals surface area (Å²) in [5.41, 5.74) is 6.59. The molecule has 0 bridgehead atoms. The predicted octanol–water partition coefficient (Wildman–Crippen LogP) is 2.45. The maximum absolute atomic E-state index is 6.29. The number of hydrogen-bond acceptors (Lipinski definition) is 3. The van der Waals surface area contributed by atoms with Crippen molar-refractivity contribution in [1.29, 1.82) is 0 Å². The largest absolute Gasteiger partial charge is 0.329 e. The normalized spacial score (nSPS) is 30.8. The zero-order valence-electron chi connectivity index (χ0n) is 13.0. The molecule has 0 amide bonds. The molecule has 2 N–H and O–H groups in total. The van der Waals surface area contributed by atoms with E-state index >= 15 is 0 Å². The van der Waals surface area contributed by atoms with Gasteiger partial charge in [0.15, 0.2) is 0 Å². The molecule has 0 spiro atoms. The van der Waals surface area contributed by atoms with E-state index in [-0.39, 0.29) is 0 Å². The van der Waals surface area contributed by atoms with Crippen LogP contribution < -0.4 is 5.73 Å². The minimum Gasteiger partial charge on any atom is -0.329 e. The van der Waals surface area contributed by atoms with Gasteiger partial charge in [-0.3, -0.25) is 4.90 Å². The van der Waals surface area contributed by atoms with E-state index in [1.165, 1.54) is 71.0 Å². The molecule has 19 heavy (non-hydrogen) atoms. The summed E-state index contributed by atoms with van der Waals surface area (Å²) in [6, 6.07) is 0.703. The highest BCUT2D eigenvalue weighted by Gasteiger charge is 2.39. The Bertz CT molecular complexity index is 259. The Morgan fingerprint density at radius 1 is 1.05 bits per heavy atom. The van der Waals surface area contributed by atoms with Crippen LogP contribution in [0.5, 0.6) is 0 Å². The third kappa shape index (κ3) is 3.50. The molecule has 1 unspecified atom stereocenters. The van der Waals surface area contributed by atoms with Crippen molar-refractivity contribution in [1.82, 2.24) is 9.80 Å². The Kier molecular flexibility index (Phi) is 5.67. The van der Waals surface area contributed by atoms with E-state index in [2.05, 4.69) is 23.8 Å². The highest BCUT2D eigenvalue weighted by atomic mass is 15.3. The van der Waals surface area contributed by atoms with Gasteiger partial charge >= 0.3 is 0 Å². The summed E-state index contributed by atoms with van der Waals surface area (Å²) >= 11 is 0. The molecule has 1 aliphatic carbocycles. The molecule has 1 heterocycles.